The molecule has 0 aliphatic carbocycles. The molecule has 2 aromatic rings. The summed E-state index contributed by atoms with van der Waals surface area (Å²) in [6.45, 7) is 0. The molecule has 1 heterocycles. The maximum absolute atomic E-state index is 12.2. The second-order valence-corrected chi connectivity index (χ2v) is 6.80. The van der Waals surface area contributed by atoms with Crippen molar-refractivity contribution in [3.8, 4) is 0 Å². The Labute approximate surface area is 155 Å². The lowest BCUT2D eigenvalue weighted by molar-refractivity contribution is -0.254. The van der Waals surface area contributed by atoms with Crippen LogP contribution in [0.3, 0.4) is 0 Å². The van der Waals surface area contributed by atoms with E-state index in [0.717, 1.165) is 11.3 Å². The number of nitrogens with one attached hydrogen (secondary N) is 1. The molecule has 132 valence electrons. The second kappa shape index (κ2) is 7.45. The number of amidine groups is 1. The zero-order chi connectivity index (χ0) is 18.7. The van der Waals surface area contributed by atoms with Crippen molar-refractivity contribution in [2.24, 2.45) is 4.99 Å². The third-order valence-corrected chi connectivity index (χ3v) is 4.61. The van der Waals surface area contributed by atoms with E-state index in [0.29, 0.717) is 10.1 Å². The summed E-state index contributed by atoms with van der Waals surface area (Å²) in [6.07, 6.45) is 1.77. The molecule has 0 atom stereocenters. The Morgan fingerprint density at radius 1 is 1.15 bits per heavy atom. The van der Waals surface area contributed by atoms with Gasteiger partial charge in [-0.05, 0) is 41.6 Å². The number of hydrogen-bond donors (Lipinski definition) is 1. The first-order valence-corrected chi connectivity index (χ1v) is 8.63. The fourth-order valence-electron chi connectivity index (χ4n) is 2.35. The van der Waals surface area contributed by atoms with Gasteiger partial charge in [-0.25, -0.2) is 4.99 Å². The Bertz CT molecular complexity index is 918. The summed E-state index contributed by atoms with van der Waals surface area (Å²) in [7, 11) is 3.92. The van der Waals surface area contributed by atoms with Crippen molar-refractivity contribution in [1.29, 1.82) is 0 Å². The van der Waals surface area contributed by atoms with Crippen molar-refractivity contribution in [3.63, 3.8) is 0 Å². The molecule has 1 aliphatic heterocycles. The van der Waals surface area contributed by atoms with Crippen LogP contribution in [0.4, 0.5) is 11.4 Å². The van der Waals surface area contributed by atoms with E-state index < -0.39 is 5.97 Å². The summed E-state index contributed by atoms with van der Waals surface area (Å²) in [4.78, 5) is 30.0. The maximum Gasteiger partial charge on any atom is 0.264 e. The largest absolute Gasteiger partial charge is 0.545 e. The van der Waals surface area contributed by atoms with E-state index in [4.69, 9.17) is 0 Å². The minimum atomic E-state index is -1.31. The molecule has 0 bridgehead atoms. The highest BCUT2D eigenvalue weighted by Gasteiger charge is 2.24. The van der Waals surface area contributed by atoms with Gasteiger partial charge in [-0.15, -0.1) is 0 Å². The number of amides is 1. The number of para-hydroxylation sites is 1. The molecule has 1 amide bonds. The molecule has 0 unspecified atom stereocenters. The van der Waals surface area contributed by atoms with Crippen molar-refractivity contribution in [2.45, 2.75) is 0 Å². The number of carboxylic acid groups (broad SMARTS) is 1. The third-order valence-electron chi connectivity index (χ3n) is 3.70. The minimum absolute atomic E-state index is 0.0217. The highest BCUT2D eigenvalue weighted by atomic mass is 32.2. The summed E-state index contributed by atoms with van der Waals surface area (Å²) in [5, 5.41) is 14.1. The lowest BCUT2D eigenvalue weighted by Crippen LogP contribution is -2.23. The average Bonchev–Trinajstić information content (AvgIpc) is 2.95. The molecule has 0 spiro atoms. The van der Waals surface area contributed by atoms with Crippen LogP contribution in [-0.2, 0) is 4.79 Å². The molecule has 0 aromatic heterocycles. The Balaban J connectivity index is 1.83. The molecule has 26 heavy (non-hydrogen) atoms. The molecule has 0 radical (unpaired) electrons. The van der Waals surface area contributed by atoms with Gasteiger partial charge in [0.05, 0.1) is 16.6 Å². The van der Waals surface area contributed by atoms with Crippen LogP contribution in [-0.4, -0.2) is 31.1 Å². The fraction of sp³-hybridized carbons (Fsp3) is 0.105. The van der Waals surface area contributed by atoms with Crippen molar-refractivity contribution >= 4 is 46.3 Å². The monoisotopic (exact) mass is 366 g/mol. The number of thioether (sulfide) groups is 1. The number of aliphatic imine (C=N–C) groups is 1. The molecular formula is C19H16N3O3S-. The standard InChI is InChI=1S/C19H17N3O3S/c1-22(2)13-9-7-12(8-10-13)11-16-17(23)21-19(26-16)20-15-6-4-3-5-14(15)18(24)25/h3-11H,1-2H3,(H,24,25)(H,20,21,23)/p-1/b16-11-. The summed E-state index contributed by atoms with van der Waals surface area (Å²) in [6, 6.07) is 14.0. The first-order valence-electron chi connectivity index (χ1n) is 7.81. The Hall–Kier alpha value is -3.06. The van der Waals surface area contributed by atoms with Gasteiger partial charge >= 0.3 is 0 Å². The van der Waals surface area contributed by atoms with E-state index in [1.807, 2.05) is 43.3 Å². The number of anilines is 1. The van der Waals surface area contributed by atoms with Gasteiger partial charge in [-0.1, -0.05) is 30.3 Å². The average molecular weight is 366 g/mol. The smallest absolute Gasteiger partial charge is 0.264 e. The molecule has 6 nitrogen and oxygen atoms in total. The Kier molecular flexibility index (Phi) is 5.09. The molecule has 3 rings (SSSR count). The number of benzene rings is 2. The van der Waals surface area contributed by atoms with Gasteiger partial charge in [-0.3, -0.25) is 4.79 Å². The van der Waals surface area contributed by atoms with Crippen molar-refractivity contribution in [1.82, 2.24) is 5.32 Å². The van der Waals surface area contributed by atoms with Crippen LogP contribution in [0.15, 0.2) is 58.4 Å². The van der Waals surface area contributed by atoms with E-state index >= 15 is 0 Å². The highest BCUT2D eigenvalue weighted by molar-refractivity contribution is 8.18. The van der Waals surface area contributed by atoms with E-state index in [-0.39, 0.29) is 17.2 Å². The maximum atomic E-state index is 12.2. The molecule has 7 heteroatoms. The predicted molar refractivity (Wildman–Crippen MR) is 102 cm³/mol. The molecular weight excluding hydrogens is 350 g/mol. The number of carbonyl (C=O) groups excluding carboxylic acids is 2. The summed E-state index contributed by atoms with van der Waals surface area (Å²) >= 11 is 1.17. The highest BCUT2D eigenvalue weighted by Crippen LogP contribution is 2.29. The van der Waals surface area contributed by atoms with Gasteiger partial charge in [0.2, 0.25) is 0 Å². The van der Waals surface area contributed by atoms with Crippen molar-refractivity contribution in [3.05, 3.63) is 64.6 Å². The Morgan fingerprint density at radius 2 is 1.85 bits per heavy atom. The van der Waals surface area contributed by atoms with Gasteiger partial charge in [0.15, 0.2) is 5.17 Å². The van der Waals surface area contributed by atoms with Gasteiger partial charge in [0, 0.05) is 25.3 Å². The zero-order valence-electron chi connectivity index (χ0n) is 14.2. The molecule has 2 aromatic carbocycles. The van der Waals surface area contributed by atoms with E-state index in [2.05, 4.69) is 10.3 Å². The minimum Gasteiger partial charge on any atom is -0.545 e. The normalized spacial score (nSPS) is 16.8. The van der Waals surface area contributed by atoms with Gasteiger partial charge in [0.1, 0.15) is 0 Å². The second-order valence-electron chi connectivity index (χ2n) is 5.77. The van der Waals surface area contributed by atoms with E-state index in [9.17, 15) is 14.7 Å². The van der Waals surface area contributed by atoms with Crippen LogP contribution in [0.25, 0.3) is 6.08 Å². The number of carboxylic acids is 1. The third kappa shape index (κ3) is 3.94. The quantitative estimate of drug-likeness (QED) is 0.837. The SMILES string of the molecule is CN(C)c1ccc(/C=C2\SC(=Nc3ccccc3C(=O)[O-])NC2=O)cc1. The molecule has 1 N–H and O–H groups in total. The van der Waals surface area contributed by atoms with Crippen molar-refractivity contribution in [2.75, 3.05) is 19.0 Å². The summed E-state index contributed by atoms with van der Waals surface area (Å²) in [5.41, 5.74) is 2.18. The van der Waals surface area contributed by atoms with E-state index in [1.165, 1.54) is 17.8 Å². The fourth-order valence-corrected chi connectivity index (χ4v) is 3.19. The van der Waals surface area contributed by atoms with Gasteiger partial charge in [0.25, 0.3) is 5.91 Å². The van der Waals surface area contributed by atoms with Gasteiger partial charge < -0.3 is 20.1 Å². The first-order chi connectivity index (χ1) is 12.4. The first kappa shape index (κ1) is 17.8. The van der Waals surface area contributed by atoms with Crippen LogP contribution < -0.4 is 15.3 Å². The topological polar surface area (TPSA) is 84.8 Å². The molecule has 1 aliphatic rings. The number of aromatic carboxylic acids is 1. The van der Waals surface area contributed by atoms with Crippen LogP contribution in [0.1, 0.15) is 15.9 Å². The van der Waals surface area contributed by atoms with Crippen LogP contribution in [0.5, 0.6) is 0 Å². The molecule has 1 fully saturated rings. The molecule has 1 saturated heterocycles. The number of rotatable bonds is 4. The zero-order valence-corrected chi connectivity index (χ0v) is 15.0. The Morgan fingerprint density at radius 3 is 2.50 bits per heavy atom. The van der Waals surface area contributed by atoms with Gasteiger partial charge in [-0.2, -0.15) is 0 Å². The van der Waals surface area contributed by atoms with Crippen molar-refractivity contribution < 1.29 is 14.7 Å². The number of carbonyl (C=O) groups is 2. The predicted octanol–water partition coefficient (Wildman–Crippen LogP) is 2.01. The van der Waals surface area contributed by atoms with Crippen LogP contribution >= 0.6 is 11.8 Å². The van der Waals surface area contributed by atoms with Crippen LogP contribution in [0, 0.1) is 0 Å². The van der Waals surface area contributed by atoms with Crippen LogP contribution in [0.2, 0.25) is 0 Å². The number of nitrogens with zero attached hydrogens (tertiary/aromatic N) is 2. The lowest BCUT2D eigenvalue weighted by atomic mass is 10.2. The molecule has 0 saturated carbocycles. The lowest BCUT2D eigenvalue weighted by Gasteiger charge is -2.11. The summed E-state index contributed by atoms with van der Waals surface area (Å²) < 4.78 is 0. The van der Waals surface area contributed by atoms with E-state index in [1.54, 1.807) is 24.3 Å². The summed E-state index contributed by atoms with van der Waals surface area (Å²) in [5.74, 6) is -1.58. The number of hydrogen-bond acceptors (Lipinski definition) is 6.